The van der Waals surface area contributed by atoms with Crippen LogP contribution in [0.5, 0.6) is 0 Å². The van der Waals surface area contributed by atoms with Gasteiger partial charge >= 0.3 is 0 Å². The maximum atomic E-state index is 13.5. The molecule has 0 fully saturated rings. The van der Waals surface area contributed by atoms with Gasteiger partial charge in [0, 0.05) is 43.2 Å². The second kappa shape index (κ2) is 8.92. The second-order valence-corrected chi connectivity index (χ2v) is 8.55. The normalized spacial score (nSPS) is 14.0. The van der Waals surface area contributed by atoms with E-state index in [2.05, 4.69) is 24.1 Å². The van der Waals surface area contributed by atoms with Crippen LogP contribution < -0.4 is 21.5 Å². The minimum absolute atomic E-state index is 0.0642. The zero-order valence-corrected chi connectivity index (χ0v) is 18.6. The average Bonchev–Trinajstić information content (AvgIpc) is 3.11. The van der Waals surface area contributed by atoms with E-state index in [0.29, 0.717) is 41.8 Å². The number of hydrogen-bond donors (Lipinski definition) is 2. The molecule has 1 aromatic carbocycles. The van der Waals surface area contributed by atoms with Crippen LogP contribution in [0.4, 0.5) is 11.6 Å². The predicted octanol–water partition coefficient (Wildman–Crippen LogP) is 2.79. The standard InChI is InChI=1S/C24H28N6O2/c1-15(2)12-18(25)13-27-24-28-20(16-8-10-26-11-9-16)21(23(32)29(24)3)30-14-17-6-4-5-7-19(17)22(30)31/h4-11,15,18H,12-14,25H2,1-3H3,(H,27,28)/t18-/m0/s1. The number of carbonyl (C=O) groups excluding carboxylic acids is 1. The number of nitrogens with zero attached hydrogens (tertiary/aromatic N) is 4. The molecule has 3 heterocycles. The van der Waals surface area contributed by atoms with E-state index in [-0.39, 0.29) is 23.2 Å². The highest BCUT2D eigenvalue weighted by atomic mass is 16.2. The Morgan fingerprint density at radius 1 is 1.12 bits per heavy atom. The first-order valence-electron chi connectivity index (χ1n) is 10.8. The molecule has 0 aliphatic carbocycles. The maximum Gasteiger partial charge on any atom is 0.279 e. The summed E-state index contributed by atoms with van der Waals surface area (Å²) in [6, 6.07) is 10.9. The third-order valence-electron chi connectivity index (χ3n) is 5.61. The first-order valence-corrected chi connectivity index (χ1v) is 10.8. The maximum absolute atomic E-state index is 13.5. The number of amides is 1. The summed E-state index contributed by atoms with van der Waals surface area (Å²) in [7, 11) is 1.65. The molecule has 1 amide bonds. The molecule has 32 heavy (non-hydrogen) atoms. The molecule has 8 heteroatoms. The highest BCUT2D eigenvalue weighted by Crippen LogP contribution is 2.33. The number of nitrogens with one attached hydrogen (secondary N) is 1. The third kappa shape index (κ3) is 4.13. The van der Waals surface area contributed by atoms with Crippen LogP contribution in [0.25, 0.3) is 11.3 Å². The predicted molar refractivity (Wildman–Crippen MR) is 126 cm³/mol. The number of hydrogen-bond acceptors (Lipinski definition) is 6. The van der Waals surface area contributed by atoms with Crippen molar-refractivity contribution in [2.45, 2.75) is 32.9 Å². The topological polar surface area (TPSA) is 106 Å². The molecule has 0 radical (unpaired) electrons. The Morgan fingerprint density at radius 3 is 2.53 bits per heavy atom. The summed E-state index contributed by atoms with van der Waals surface area (Å²) in [6.45, 7) is 5.06. The highest BCUT2D eigenvalue weighted by molar-refractivity contribution is 6.11. The van der Waals surface area contributed by atoms with E-state index < -0.39 is 0 Å². The summed E-state index contributed by atoms with van der Waals surface area (Å²) >= 11 is 0. The molecule has 0 saturated carbocycles. The summed E-state index contributed by atoms with van der Waals surface area (Å²) in [5.74, 6) is 0.685. The summed E-state index contributed by atoms with van der Waals surface area (Å²) in [5.41, 5.74) is 8.83. The van der Waals surface area contributed by atoms with Gasteiger partial charge in [0.05, 0.1) is 6.54 Å². The summed E-state index contributed by atoms with van der Waals surface area (Å²) in [5, 5.41) is 3.22. The van der Waals surface area contributed by atoms with Gasteiger partial charge in [-0.3, -0.25) is 24.0 Å². The molecule has 3 N–H and O–H groups in total. The van der Waals surface area contributed by atoms with Crippen LogP contribution in [0.2, 0.25) is 0 Å². The Kier molecular flexibility index (Phi) is 6.05. The summed E-state index contributed by atoms with van der Waals surface area (Å²) in [6.07, 6.45) is 4.14. The van der Waals surface area contributed by atoms with Gasteiger partial charge in [-0.25, -0.2) is 4.98 Å². The fourth-order valence-corrected chi connectivity index (χ4v) is 4.05. The van der Waals surface area contributed by atoms with Crippen molar-refractivity contribution in [2.24, 2.45) is 18.7 Å². The van der Waals surface area contributed by atoms with Gasteiger partial charge in [0.1, 0.15) is 11.4 Å². The third-order valence-corrected chi connectivity index (χ3v) is 5.61. The van der Waals surface area contributed by atoms with Crippen LogP contribution in [0.15, 0.2) is 53.6 Å². The van der Waals surface area contributed by atoms with Gasteiger partial charge in [-0.2, -0.15) is 0 Å². The van der Waals surface area contributed by atoms with Gasteiger partial charge in [-0.05, 0) is 36.1 Å². The molecule has 4 rings (SSSR count). The van der Waals surface area contributed by atoms with E-state index in [0.717, 1.165) is 12.0 Å². The van der Waals surface area contributed by atoms with Crippen LogP contribution in [-0.2, 0) is 13.6 Å². The van der Waals surface area contributed by atoms with Crippen molar-refractivity contribution in [2.75, 3.05) is 16.8 Å². The molecule has 1 aliphatic rings. The number of anilines is 2. The Hall–Kier alpha value is -3.52. The molecule has 0 saturated heterocycles. The lowest BCUT2D eigenvalue weighted by Gasteiger charge is -2.22. The van der Waals surface area contributed by atoms with E-state index in [1.807, 2.05) is 18.2 Å². The van der Waals surface area contributed by atoms with Crippen molar-refractivity contribution in [3.05, 3.63) is 70.3 Å². The summed E-state index contributed by atoms with van der Waals surface area (Å²) in [4.78, 5) is 37.0. The second-order valence-electron chi connectivity index (χ2n) is 8.55. The lowest BCUT2D eigenvalue weighted by Crippen LogP contribution is -2.36. The van der Waals surface area contributed by atoms with Crippen LogP contribution in [0.1, 0.15) is 36.2 Å². The first-order chi connectivity index (χ1) is 15.4. The molecule has 0 unspecified atom stereocenters. The Balaban J connectivity index is 1.78. The number of rotatable bonds is 7. The van der Waals surface area contributed by atoms with Crippen LogP contribution in [-0.4, -0.2) is 33.0 Å². The average molecular weight is 433 g/mol. The van der Waals surface area contributed by atoms with Gasteiger partial charge in [0.15, 0.2) is 0 Å². The van der Waals surface area contributed by atoms with E-state index in [4.69, 9.17) is 10.7 Å². The zero-order valence-electron chi connectivity index (χ0n) is 18.6. The number of fused-ring (bicyclic) bond motifs is 1. The minimum atomic E-state index is -0.298. The summed E-state index contributed by atoms with van der Waals surface area (Å²) < 4.78 is 1.44. The van der Waals surface area contributed by atoms with E-state index in [9.17, 15) is 9.59 Å². The van der Waals surface area contributed by atoms with Crippen LogP contribution >= 0.6 is 0 Å². The minimum Gasteiger partial charge on any atom is -0.354 e. The molecule has 166 valence electrons. The zero-order chi connectivity index (χ0) is 22.8. The lowest BCUT2D eigenvalue weighted by molar-refractivity contribution is 0.0996. The number of benzene rings is 1. The molecule has 0 spiro atoms. The fraction of sp³-hybridized carbons (Fsp3) is 0.333. The van der Waals surface area contributed by atoms with Gasteiger partial charge in [-0.1, -0.05) is 32.0 Å². The monoisotopic (exact) mass is 432 g/mol. The molecule has 0 bridgehead atoms. The van der Waals surface area contributed by atoms with E-state index in [1.54, 1.807) is 37.6 Å². The van der Waals surface area contributed by atoms with Crippen LogP contribution in [0, 0.1) is 5.92 Å². The smallest absolute Gasteiger partial charge is 0.279 e. The van der Waals surface area contributed by atoms with Gasteiger partial charge < -0.3 is 11.1 Å². The largest absolute Gasteiger partial charge is 0.354 e. The van der Waals surface area contributed by atoms with Crippen molar-refractivity contribution in [1.82, 2.24) is 14.5 Å². The molecule has 1 aliphatic heterocycles. The molecule has 3 aromatic rings. The van der Waals surface area contributed by atoms with Gasteiger partial charge in [0.2, 0.25) is 5.95 Å². The Labute approximate surface area is 187 Å². The quantitative estimate of drug-likeness (QED) is 0.595. The SMILES string of the molecule is CC(C)C[C@H](N)CNc1nc(-c2ccncc2)c(N2Cc3ccccc3C2=O)c(=O)n1C. The fourth-order valence-electron chi connectivity index (χ4n) is 4.05. The molecular weight excluding hydrogens is 404 g/mol. The van der Waals surface area contributed by atoms with E-state index in [1.165, 1.54) is 9.47 Å². The van der Waals surface area contributed by atoms with Crippen molar-refractivity contribution in [1.29, 1.82) is 0 Å². The van der Waals surface area contributed by atoms with Crippen molar-refractivity contribution < 1.29 is 4.79 Å². The van der Waals surface area contributed by atoms with Gasteiger partial charge in [-0.15, -0.1) is 0 Å². The number of pyridine rings is 1. The highest BCUT2D eigenvalue weighted by Gasteiger charge is 2.33. The Bertz CT molecular complexity index is 1190. The van der Waals surface area contributed by atoms with Crippen LogP contribution in [0.3, 0.4) is 0 Å². The Morgan fingerprint density at radius 2 is 1.84 bits per heavy atom. The van der Waals surface area contributed by atoms with Crippen molar-refractivity contribution in [3.8, 4) is 11.3 Å². The van der Waals surface area contributed by atoms with Crippen molar-refractivity contribution in [3.63, 3.8) is 0 Å². The number of carbonyl (C=O) groups is 1. The molecule has 1 atom stereocenters. The van der Waals surface area contributed by atoms with Gasteiger partial charge in [0.25, 0.3) is 11.5 Å². The first kappa shape index (κ1) is 21.7. The number of nitrogens with two attached hydrogens (primary N) is 1. The molecular formula is C24H28N6O2. The number of aromatic nitrogens is 3. The van der Waals surface area contributed by atoms with Crippen molar-refractivity contribution >= 4 is 17.5 Å². The van der Waals surface area contributed by atoms with E-state index >= 15 is 0 Å². The lowest BCUT2D eigenvalue weighted by atomic mass is 10.0. The molecule has 2 aromatic heterocycles. The molecule has 8 nitrogen and oxygen atoms in total.